The summed E-state index contributed by atoms with van der Waals surface area (Å²) < 4.78 is 0. The number of benzene rings is 1. The van der Waals surface area contributed by atoms with Gasteiger partial charge < -0.3 is 5.43 Å². The number of nitrogen functional groups attached to an aromatic ring is 1. The van der Waals surface area contributed by atoms with Gasteiger partial charge in [-0.3, -0.25) is 0 Å². The topological polar surface area (TPSA) is 50.9 Å². The van der Waals surface area contributed by atoms with Gasteiger partial charge in [-0.25, -0.2) is 10.8 Å². The fourth-order valence-corrected chi connectivity index (χ4v) is 2.06. The van der Waals surface area contributed by atoms with Gasteiger partial charge in [-0.05, 0) is 49.6 Å². The highest BCUT2D eigenvalue weighted by molar-refractivity contribution is 5.87. The summed E-state index contributed by atoms with van der Waals surface area (Å²) >= 11 is 0. The van der Waals surface area contributed by atoms with Gasteiger partial charge in [0.1, 0.15) is 5.82 Å². The van der Waals surface area contributed by atoms with E-state index in [4.69, 9.17) is 5.84 Å². The third-order valence-electron chi connectivity index (χ3n) is 2.60. The van der Waals surface area contributed by atoms with Gasteiger partial charge in [-0.2, -0.15) is 0 Å². The van der Waals surface area contributed by atoms with Gasteiger partial charge in [0.2, 0.25) is 0 Å². The van der Waals surface area contributed by atoms with Crippen molar-refractivity contribution in [1.82, 2.24) is 4.98 Å². The van der Waals surface area contributed by atoms with Crippen LogP contribution < -0.4 is 11.3 Å². The number of hydrazine groups is 1. The number of nitrogens with one attached hydrogen (secondary N) is 1. The van der Waals surface area contributed by atoms with E-state index in [0.29, 0.717) is 5.82 Å². The van der Waals surface area contributed by atoms with Crippen LogP contribution in [0.15, 0.2) is 18.2 Å². The van der Waals surface area contributed by atoms with Gasteiger partial charge >= 0.3 is 0 Å². The predicted molar refractivity (Wildman–Crippen MR) is 63.8 cm³/mol. The van der Waals surface area contributed by atoms with Gasteiger partial charge in [0.25, 0.3) is 0 Å². The molecule has 3 heteroatoms. The summed E-state index contributed by atoms with van der Waals surface area (Å²) in [7, 11) is 0. The van der Waals surface area contributed by atoms with Crippen molar-refractivity contribution in [2.45, 2.75) is 20.8 Å². The van der Waals surface area contributed by atoms with Gasteiger partial charge in [0.15, 0.2) is 0 Å². The van der Waals surface area contributed by atoms with Crippen LogP contribution in [0, 0.1) is 20.8 Å². The number of pyridine rings is 1. The molecule has 0 fully saturated rings. The van der Waals surface area contributed by atoms with Gasteiger partial charge in [0.05, 0.1) is 5.52 Å². The zero-order chi connectivity index (χ0) is 11.0. The van der Waals surface area contributed by atoms with E-state index in [-0.39, 0.29) is 0 Å². The van der Waals surface area contributed by atoms with E-state index in [1.807, 2.05) is 6.07 Å². The zero-order valence-electron chi connectivity index (χ0n) is 9.26. The van der Waals surface area contributed by atoms with Crippen LogP contribution in [0.25, 0.3) is 10.9 Å². The number of fused-ring (bicyclic) bond motifs is 1. The maximum absolute atomic E-state index is 5.37. The number of nitrogens with zero attached hydrogens (tertiary/aromatic N) is 1. The predicted octanol–water partition coefficient (Wildman–Crippen LogP) is 2.45. The molecule has 0 unspecified atom stereocenters. The molecule has 3 N–H and O–H groups in total. The molecular weight excluding hydrogens is 186 g/mol. The molecule has 0 saturated heterocycles. The average molecular weight is 201 g/mol. The van der Waals surface area contributed by atoms with E-state index >= 15 is 0 Å². The average Bonchev–Trinajstić information content (AvgIpc) is 2.15. The quantitative estimate of drug-likeness (QED) is 0.550. The minimum atomic E-state index is 0.713. The third-order valence-corrected chi connectivity index (χ3v) is 2.60. The maximum atomic E-state index is 5.37. The van der Waals surface area contributed by atoms with Crippen LogP contribution in [0.2, 0.25) is 0 Å². The highest BCUT2D eigenvalue weighted by atomic mass is 15.2. The van der Waals surface area contributed by atoms with Crippen LogP contribution in [0.3, 0.4) is 0 Å². The molecule has 0 atom stereocenters. The number of aromatic nitrogens is 1. The summed E-state index contributed by atoms with van der Waals surface area (Å²) in [6.45, 7) is 6.26. The molecule has 2 rings (SSSR count). The molecule has 1 aromatic carbocycles. The smallest absolute Gasteiger partial charge is 0.140 e. The molecule has 0 amide bonds. The Morgan fingerprint density at radius 2 is 1.73 bits per heavy atom. The fourth-order valence-electron chi connectivity index (χ4n) is 2.06. The molecule has 0 radical (unpaired) electrons. The minimum Gasteiger partial charge on any atom is -0.308 e. The second kappa shape index (κ2) is 3.51. The second-order valence-corrected chi connectivity index (χ2v) is 3.94. The molecule has 78 valence electrons. The zero-order valence-corrected chi connectivity index (χ0v) is 9.26. The second-order valence-electron chi connectivity index (χ2n) is 3.94. The lowest BCUT2D eigenvalue weighted by Crippen LogP contribution is -2.08. The van der Waals surface area contributed by atoms with Crippen molar-refractivity contribution in [2.24, 2.45) is 5.84 Å². The summed E-state index contributed by atoms with van der Waals surface area (Å²) in [6.07, 6.45) is 0. The van der Waals surface area contributed by atoms with Crippen LogP contribution in [0.1, 0.15) is 16.7 Å². The van der Waals surface area contributed by atoms with Crippen LogP contribution >= 0.6 is 0 Å². The fraction of sp³-hybridized carbons (Fsp3) is 0.250. The number of nitrogens with two attached hydrogens (primary N) is 1. The number of aryl methyl sites for hydroxylation is 3. The molecule has 0 spiro atoms. The van der Waals surface area contributed by atoms with Gasteiger partial charge in [0, 0.05) is 5.39 Å². The molecule has 2 aromatic rings. The van der Waals surface area contributed by atoms with E-state index < -0.39 is 0 Å². The first-order valence-corrected chi connectivity index (χ1v) is 4.97. The summed E-state index contributed by atoms with van der Waals surface area (Å²) in [6, 6.07) is 6.22. The summed E-state index contributed by atoms with van der Waals surface area (Å²) in [5, 5.41) is 1.22. The Morgan fingerprint density at radius 1 is 1.07 bits per heavy atom. The molecular formula is C12H15N3. The number of rotatable bonds is 1. The molecule has 1 aromatic heterocycles. The van der Waals surface area contributed by atoms with Gasteiger partial charge in [-0.1, -0.05) is 6.07 Å². The normalized spacial score (nSPS) is 10.7. The van der Waals surface area contributed by atoms with Crippen molar-refractivity contribution < 1.29 is 0 Å². The lowest BCUT2D eigenvalue weighted by molar-refractivity contribution is 1.24. The molecule has 0 aliphatic carbocycles. The standard InChI is InChI=1S/C12H15N3/c1-7-4-8(2)12-9(3)6-11(15-13)14-10(12)5-7/h4-6H,13H2,1-3H3,(H,14,15). The number of hydrogen-bond donors (Lipinski definition) is 2. The Bertz CT molecular complexity index is 518. The van der Waals surface area contributed by atoms with E-state index in [0.717, 1.165) is 5.52 Å². The highest BCUT2D eigenvalue weighted by Gasteiger charge is 2.05. The Kier molecular flexibility index (Phi) is 2.32. The molecule has 3 nitrogen and oxygen atoms in total. The van der Waals surface area contributed by atoms with E-state index in [2.05, 4.69) is 43.3 Å². The van der Waals surface area contributed by atoms with E-state index in [1.165, 1.54) is 22.1 Å². The van der Waals surface area contributed by atoms with Crippen LogP contribution in [-0.4, -0.2) is 4.98 Å². The molecule has 0 aliphatic rings. The molecule has 0 aliphatic heterocycles. The highest BCUT2D eigenvalue weighted by Crippen LogP contribution is 2.24. The van der Waals surface area contributed by atoms with Gasteiger partial charge in [-0.15, -0.1) is 0 Å². The molecule has 0 bridgehead atoms. The van der Waals surface area contributed by atoms with Crippen molar-refractivity contribution in [1.29, 1.82) is 0 Å². The number of anilines is 1. The van der Waals surface area contributed by atoms with E-state index in [1.54, 1.807) is 0 Å². The van der Waals surface area contributed by atoms with Crippen LogP contribution in [-0.2, 0) is 0 Å². The minimum absolute atomic E-state index is 0.713. The lowest BCUT2D eigenvalue weighted by Gasteiger charge is -2.09. The van der Waals surface area contributed by atoms with Crippen molar-refractivity contribution >= 4 is 16.7 Å². The Balaban J connectivity index is 2.85. The molecule has 15 heavy (non-hydrogen) atoms. The van der Waals surface area contributed by atoms with Crippen LogP contribution in [0.4, 0.5) is 5.82 Å². The van der Waals surface area contributed by atoms with E-state index in [9.17, 15) is 0 Å². The Hall–Kier alpha value is -1.61. The Morgan fingerprint density at radius 3 is 2.40 bits per heavy atom. The van der Waals surface area contributed by atoms with Crippen molar-refractivity contribution in [3.05, 3.63) is 34.9 Å². The SMILES string of the molecule is Cc1cc(C)c2c(C)cc(NN)nc2c1. The molecule has 0 saturated carbocycles. The largest absolute Gasteiger partial charge is 0.308 e. The Labute approximate surface area is 89.3 Å². The third kappa shape index (κ3) is 1.66. The van der Waals surface area contributed by atoms with Crippen molar-refractivity contribution in [3.8, 4) is 0 Å². The lowest BCUT2D eigenvalue weighted by atomic mass is 10.0. The first kappa shape index (κ1) is 9.93. The number of hydrogen-bond acceptors (Lipinski definition) is 3. The first-order valence-electron chi connectivity index (χ1n) is 4.97. The maximum Gasteiger partial charge on any atom is 0.140 e. The summed E-state index contributed by atoms with van der Waals surface area (Å²) in [5.74, 6) is 6.09. The first-order chi connectivity index (χ1) is 7.11. The van der Waals surface area contributed by atoms with Crippen molar-refractivity contribution in [2.75, 3.05) is 5.43 Å². The van der Waals surface area contributed by atoms with Crippen molar-refractivity contribution in [3.63, 3.8) is 0 Å². The summed E-state index contributed by atoms with van der Waals surface area (Å²) in [4.78, 5) is 4.44. The summed E-state index contributed by atoms with van der Waals surface area (Å²) in [5.41, 5.74) is 7.27. The molecule has 1 heterocycles. The monoisotopic (exact) mass is 201 g/mol. The van der Waals surface area contributed by atoms with Crippen LogP contribution in [0.5, 0.6) is 0 Å².